The molecule has 1 unspecified atom stereocenters. The lowest BCUT2D eigenvalue weighted by molar-refractivity contribution is -0.122. The van der Waals surface area contributed by atoms with Crippen molar-refractivity contribution in [3.8, 4) is 0 Å². The predicted octanol–water partition coefficient (Wildman–Crippen LogP) is 3.48. The average molecular weight is 382 g/mol. The number of amides is 1. The summed E-state index contributed by atoms with van der Waals surface area (Å²) in [7, 11) is 0. The lowest BCUT2D eigenvalue weighted by Crippen LogP contribution is -2.42. The van der Waals surface area contributed by atoms with Crippen LogP contribution >= 0.6 is 23.2 Å². The van der Waals surface area contributed by atoms with Crippen LogP contribution in [0.4, 0.5) is 17.6 Å². The van der Waals surface area contributed by atoms with Crippen molar-refractivity contribution in [3.63, 3.8) is 0 Å². The van der Waals surface area contributed by atoms with Crippen LogP contribution in [0.1, 0.15) is 18.4 Å². The molecule has 3 rings (SSSR count). The van der Waals surface area contributed by atoms with Gasteiger partial charge in [0.25, 0.3) is 0 Å². The number of nitrogens with zero attached hydrogens (tertiary/aromatic N) is 2. The number of alkyl halides is 5. The van der Waals surface area contributed by atoms with Gasteiger partial charge in [0.1, 0.15) is 21.4 Å². The largest absolute Gasteiger partial charge is 0.431 e. The molecule has 1 fully saturated rings. The van der Waals surface area contributed by atoms with Crippen molar-refractivity contribution in [2.24, 2.45) is 10.2 Å². The summed E-state index contributed by atoms with van der Waals surface area (Å²) >= 11 is 12.1. The fourth-order valence-corrected chi connectivity index (χ4v) is 3.35. The summed E-state index contributed by atoms with van der Waals surface area (Å²) in [6, 6.07) is 5.44. The quantitative estimate of drug-likeness (QED) is 0.618. The van der Waals surface area contributed by atoms with E-state index in [1.807, 2.05) is 0 Å². The SMILES string of the molecule is O=C(NC1=NN=C(C(F)(F)F)C1)C1(c2ccccc2F)CC1(Cl)Cl. The van der Waals surface area contributed by atoms with Crippen LogP contribution in [0.5, 0.6) is 0 Å². The minimum atomic E-state index is -4.64. The third-order valence-electron chi connectivity index (χ3n) is 3.92. The molecule has 24 heavy (non-hydrogen) atoms. The van der Waals surface area contributed by atoms with Gasteiger partial charge in [-0.2, -0.15) is 13.2 Å². The van der Waals surface area contributed by atoms with Gasteiger partial charge in [0.15, 0.2) is 5.71 Å². The van der Waals surface area contributed by atoms with Crippen molar-refractivity contribution >= 4 is 40.7 Å². The van der Waals surface area contributed by atoms with Crippen molar-refractivity contribution in [1.82, 2.24) is 5.32 Å². The summed E-state index contributed by atoms with van der Waals surface area (Å²) in [5, 5.41) is 8.52. The molecule has 2 aliphatic rings. The Hall–Kier alpha value is -1.67. The first-order chi connectivity index (χ1) is 11.1. The first-order valence-corrected chi connectivity index (χ1v) is 7.48. The molecule has 1 N–H and O–H groups in total. The van der Waals surface area contributed by atoms with E-state index in [9.17, 15) is 22.4 Å². The highest BCUT2D eigenvalue weighted by atomic mass is 35.5. The number of hydrogen-bond donors (Lipinski definition) is 1. The zero-order valence-corrected chi connectivity index (χ0v) is 13.3. The maximum absolute atomic E-state index is 14.1. The molecular weight excluding hydrogens is 373 g/mol. The number of hydrogen-bond acceptors (Lipinski definition) is 3. The normalized spacial score (nSPS) is 25.1. The van der Waals surface area contributed by atoms with E-state index in [0.29, 0.717) is 0 Å². The van der Waals surface area contributed by atoms with Crippen LogP contribution in [-0.2, 0) is 10.2 Å². The molecule has 4 nitrogen and oxygen atoms in total. The minimum Gasteiger partial charge on any atom is -0.311 e. The maximum atomic E-state index is 14.1. The van der Waals surface area contributed by atoms with Crippen molar-refractivity contribution < 1.29 is 22.4 Å². The molecule has 10 heteroatoms. The second-order valence-electron chi connectivity index (χ2n) is 5.49. The van der Waals surface area contributed by atoms with Crippen molar-refractivity contribution in [2.75, 3.05) is 0 Å². The molecule has 0 bridgehead atoms. The van der Waals surface area contributed by atoms with Crippen LogP contribution in [0.2, 0.25) is 0 Å². The van der Waals surface area contributed by atoms with Gasteiger partial charge in [0.05, 0.1) is 6.42 Å². The summed E-state index contributed by atoms with van der Waals surface area (Å²) in [6.07, 6.45) is -5.39. The van der Waals surface area contributed by atoms with Crippen LogP contribution < -0.4 is 5.32 Å². The summed E-state index contributed by atoms with van der Waals surface area (Å²) < 4.78 is 50.1. The van der Waals surface area contributed by atoms with Crippen LogP contribution in [0.3, 0.4) is 0 Å². The summed E-state index contributed by atoms with van der Waals surface area (Å²) in [4.78, 5) is 12.5. The molecule has 1 aliphatic carbocycles. The Balaban J connectivity index is 1.81. The van der Waals surface area contributed by atoms with E-state index in [0.717, 1.165) is 6.07 Å². The summed E-state index contributed by atoms with van der Waals surface area (Å²) in [5.41, 5.74) is -2.75. The Morgan fingerprint density at radius 2 is 1.83 bits per heavy atom. The Labute approximate surface area is 143 Å². The molecule has 1 saturated carbocycles. The number of nitrogens with one attached hydrogen (secondary N) is 1. The molecular formula is C14H9Cl2F4N3O. The lowest BCUT2D eigenvalue weighted by Gasteiger charge is -2.19. The zero-order valence-electron chi connectivity index (χ0n) is 11.8. The van der Waals surface area contributed by atoms with E-state index >= 15 is 0 Å². The number of benzene rings is 1. The van der Waals surface area contributed by atoms with Gasteiger partial charge in [0.2, 0.25) is 5.91 Å². The van der Waals surface area contributed by atoms with Gasteiger partial charge in [-0.05, 0) is 6.07 Å². The maximum Gasteiger partial charge on any atom is 0.431 e. The molecule has 0 saturated heterocycles. The molecule has 1 heterocycles. The summed E-state index contributed by atoms with van der Waals surface area (Å²) in [5.74, 6) is -1.80. The van der Waals surface area contributed by atoms with Crippen molar-refractivity contribution in [1.29, 1.82) is 0 Å². The number of rotatable bonds is 2. The van der Waals surface area contributed by atoms with Gasteiger partial charge in [0, 0.05) is 12.0 Å². The first kappa shape index (κ1) is 17.2. The van der Waals surface area contributed by atoms with E-state index in [-0.39, 0.29) is 17.8 Å². The lowest BCUT2D eigenvalue weighted by atomic mass is 9.94. The van der Waals surface area contributed by atoms with Gasteiger partial charge in [-0.15, -0.1) is 33.4 Å². The van der Waals surface area contributed by atoms with Crippen LogP contribution in [0, 0.1) is 5.82 Å². The Morgan fingerprint density at radius 1 is 1.21 bits per heavy atom. The predicted molar refractivity (Wildman–Crippen MR) is 80.8 cm³/mol. The topological polar surface area (TPSA) is 53.8 Å². The van der Waals surface area contributed by atoms with Gasteiger partial charge in [-0.25, -0.2) is 4.39 Å². The van der Waals surface area contributed by atoms with Crippen molar-refractivity contribution in [3.05, 3.63) is 35.6 Å². The van der Waals surface area contributed by atoms with E-state index in [1.165, 1.54) is 18.2 Å². The van der Waals surface area contributed by atoms with E-state index in [1.54, 1.807) is 0 Å². The second kappa shape index (κ2) is 5.42. The van der Waals surface area contributed by atoms with Gasteiger partial charge in [-0.3, -0.25) is 4.79 Å². The van der Waals surface area contributed by atoms with Crippen molar-refractivity contribution in [2.45, 2.75) is 28.8 Å². The molecule has 0 radical (unpaired) electrons. The van der Waals surface area contributed by atoms with Gasteiger partial charge >= 0.3 is 6.18 Å². The molecule has 128 valence electrons. The number of amidine groups is 1. The standard InChI is InChI=1S/C14H9Cl2F4N3O/c15-13(16)6-12(13,7-3-1-2-4-8(7)17)11(24)21-10-5-9(22-23-10)14(18,19)20/h1-4H,5-6H2,(H,21,23,24). The highest BCUT2D eigenvalue weighted by molar-refractivity contribution is 6.54. The van der Waals surface area contributed by atoms with E-state index in [4.69, 9.17) is 23.2 Å². The minimum absolute atomic E-state index is 0.0249. The Bertz CT molecular complexity index is 776. The monoisotopic (exact) mass is 381 g/mol. The molecule has 1 aliphatic heterocycles. The fourth-order valence-electron chi connectivity index (χ4n) is 2.57. The van der Waals surface area contributed by atoms with Gasteiger partial charge < -0.3 is 5.32 Å². The molecule has 1 amide bonds. The molecule has 0 spiro atoms. The third kappa shape index (κ3) is 2.67. The number of carbonyl (C=O) groups is 1. The zero-order chi connectivity index (χ0) is 17.8. The van der Waals surface area contributed by atoms with Crippen LogP contribution in [0.15, 0.2) is 34.5 Å². The summed E-state index contributed by atoms with van der Waals surface area (Å²) in [6.45, 7) is 0. The van der Waals surface area contributed by atoms with Crippen LogP contribution in [-0.4, -0.2) is 28.0 Å². The fraction of sp³-hybridized carbons (Fsp3) is 0.357. The highest BCUT2D eigenvalue weighted by Gasteiger charge is 2.73. The highest BCUT2D eigenvalue weighted by Crippen LogP contribution is 2.65. The van der Waals surface area contributed by atoms with E-state index < -0.39 is 39.8 Å². The van der Waals surface area contributed by atoms with E-state index in [2.05, 4.69) is 15.5 Å². The first-order valence-electron chi connectivity index (χ1n) is 6.73. The number of halogens is 6. The molecule has 1 aromatic carbocycles. The Kier molecular flexibility index (Phi) is 3.88. The van der Waals surface area contributed by atoms with Crippen LogP contribution in [0.25, 0.3) is 0 Å². The number of carbonyl (C=O) groups excluding carboxylic acids is 1. The second-order valence-corrected chi connectivity index (χ2v) is 6.97. The van der Waals surface area contributed by atoms with Gasteiger partial charge in [-0.1, -0.05) is 18.2 Å². The molecule has 0 aromatic heterocycles. The third-order valence-corrected chi connectivity index (χ3v) is 4.83. The average Bonchev–Trinajstić information content (AvgIpc) is 2.82. The molecule has 1 aromatic rings. The Morgan fingerprint density at radius 3 is 2.33 bits per heavy atom. The molecule has 1 atom stereocenters. The smallest absolute Gasteiger partial charge is 0.311 e.